The molecule has 0 fully saturated rings. The fraction of sp³-hybridized carbons (Fsp3) is 0.333. The number of anilines is 1. The summed E-state index contributed by atoms with van der Waals surface area (Å²) >= 11 is 1.45. The van der Waals surface area contributed by atoms with E-state index in [1.165, 1.54) is 17.4 Å². The molecule has 1 N–H and O–H groups in total. The van der Waals surface area contributed by atoms with Crippen molar-refractivity contribution in [1.29, 1.82) is 0 Å². The van der Waals surface area contributed by atoms with Crippen molar-refractivity contribution in [3.05, 3.63) is 46.0 Å². The van der Waals surface area contributed by atoms with Gasteiger partial charge in [0.25, 0.3) is 0 Å². The van der Waals surface area contributed by atoms with Crippen LogP contribution in [0.5, 0.6) is 5.75 Å². The summed E-state index contributed by atoms with van der Waals surface area (Å²) in [5.74, 6) is 1.01. The molecular weight excluding hydrogens is 308 g/mol. The maximum atomic E-state index is 12.1. The number of hydrogen-bond donors (Lipinski definition) is 1. The van der Waals surface area contributed by atoms with Crippen LogP contribution in [0.25, 0.3) is 6.08 Å². The van der Waals surface area contributed by atoms with Gasteiger partial charge in [-0.15, -0.1) is 11.3 Å². The maximum absolute atomic E-state index is 12.1. The molecule has 0 aliphatic rings. The number of aromatic nitrogens is 1. The fourth-order valence-corrected chi connectivity index (χ4v) is 3.11. The number of aryl methyl sites for hydroxylation is 2. The van der Waals surface area contributed by atoms with Crippen LogP contribution in [-0.4, -0.2) is 18.0 Å². The molecule has 0 saturated carbocycles. The number of carbonyl (C=O) groups excluding carboxylic acids is 1. The van der Waals surface area contributed by atoms with Crippen LogP contribution in [0.1, 0.15) is 42.1 Å². The van der Waals surface area contributed by atoms with E-state index in [2.05, 4.69) is 24.1 Å². The van der Waals surface area contributed by atoms with Crippen LogP contribution in [0.3, 0.4) is 0 Å². The lowest BCUT2D eigenvalue weighted by Crippen LogP contribution is -2.07. The molecule has 5 heteroatoms. The monoisotopic (exact) mass is 330 g/mol. The first-order valence-electron chi connectivity index (χ1n) is 7.50. The van der Waals surface area contributed by atoms with Crippen LogP contribution >= 0.6 is 11.3 Å². The molecule has 0 unspecified atom stereocenters. The Hall–Kier alpha value is -2.14. The third-order valence-electron chi connectivity index (χ3n) is 3.55. The second-order valence-electron chi connectivity index (χ2n) is 5.73. The van der Waals surface area contributed by atoms with Crippen molar-refractivity contribution in [2.45, 2.75) is 33.6 Å². The summed E-state index contributed by atoms with van der Waals surface area (Å²) in [6, 6.07) is 3.92. The van der Waals surface area contributed by atoms with E-state index >= 15 is 0 Å². The lowest BCUT2D eigenvalue weighted by Gasteiger charge is -2.08. The minimum atomic E-state index is -0.177. The Morgan fingerprint density at radius 2 is 1.96 bits per heavy atom. The number of hydrogen-bond acceptors (Lipinski definition) is 4. The van der Waals surface area contributed by atoms with Crippen molar-refractivity contribution in [3.8, 4) is 5.75 Å². The van der Waals surface area contributed by atoms with E-state index in [4.69, 9.17) is 4.74 Å². The fourth-order valence-electron chi connectivity index (χ4n) is 2.23. The summed E-state index contributed by atoms with van der Waals surface area (Å²) in [4.78, 5) is 16.5. The number of rotatable bonds is 5. The van der Waals surface area contributed by atoms with E-state index in [-0.39, 0.29) is 5.91 Å². The van der Waals surface area contributed by atoms with Gasteiger partial charge in [-0.3, -0.25) is 10.1 Å². The standard InChI is InChI=1S/C18H22N2O2S/c1-11(2)16-10-23-18(19-16)20-17(21)7-6-15-12(3)8-14(22-5)9-13(15)4/h6-11H,1-5H3,(H,19,20,21)/b7-6+. The van der Waals surface area contributed by atoms with Gasteiger partial charge in [0.2, 0.25) is 5.91 Å². The maximum Gasteiger partial charge on any atom is 0.250 e. The highest BCUT2D eigenvalue weighted by atomic mass is 32.1. The van der Waals surface area contributed by atoms with Gasteiger partial charge in [0.1, 0.15) is 5.75 Å². The van der Waals surface area contributed by atoms with Crippen molar-refractivity contribution in [2.75, 3.05) is 12.4 Å². The summed E-state index contributed by atoms with van der Waals surface area (Å²) in [5, 5.41) is 5.41. The summed E-state index contributed by atoms with van der Waals surface area (Å²) in [5.41, 5.74) is 4.17. The largest absolute Gasteiger partial charge is 0.497 e. The second kappa shape index (κ2) is 7.42. The van der Waals surface area contributed by atoms with Gasteiger partial charge in [-0.1, -0.05) is 13.8 Å². The van der Waals surface area contributed by atoms with Crippen LogP contribution in [0, 0.1) is 13.8 Å². The Morgan fingerprint density at radius 3 is 2.48 bits per heavy atom. The SMILES string of the molecule is COc1cc(C)c(/C=C/C(=O)Nc2nc(C(C)C)cs2)c(C)c1. The smallest absolute Gasteiger partial charge is 0.250 e. The molecule has 4 nitrogen and oxygen atoms in total. The average Bonchev–Trinajstić information content (AvgIpc) is 2.94. The Labute approximate surface area is 141 Å². The number of nitrogens with one attached hydrogen (secondary N) is 1. The highest BCUT2D eigenvalue weighted by molar-refractivity contribution is 7.14. The van der Waals surface area contributed by atoms with Crippen LogP contribution in [0.2, 0.25) is 0 Å². The molecule has 1 aromatic carbocycles. The van der Waals surface area contributed by atoms with Gasteiger partial charge in [-0.25, -0.2) is 4.98 Å². The van der Waals surface area contributed by atoms with E-state index < -0.39 is 0 Å². The predicted octanol–water partition coefficient (Wildman–Crippen LogP) is 4.54. The van der Waals surface area contributed by atoms with Crippen molar-refractivity contribution >= 4 is 28.5 Å². The van der Waals surface area contributed by atoms with Crippen molar-refractivity contribution in [3.63, 3.8) is 0 Å². The van der Waals surface area contributed by atoms with Gasteiger partial charge in [0.05, 0.1) is 12.8 Å². The molecule has 122 valence electrons. The number of thiazole rings is 1. The van der Waals surface area contributed by atoms with E-state index in [9.17, 15) is 4.79 Å². The first-order valence-corrected chi connectivity index (χ1v) is 8.38. The lowest BCUT2D eigenvalue weighted by atomic mass is 10.0. The number of amides is 1. The minimum absolute atomic E-state index is 0.177. The average molecular weight is 330 g/mol. The van der Waals surface area contributed by atoms with Gasteiger partial charge < -0.3 is 4.74 Å². The molecule has 2 aromatic rings. The molecule has 0 saturated heterocycles. The van der Waals surface area contributed by atoms with Crippen LogP contribution < -0.4 is 10.1 Å². The van der Waals surface area contributed by atoms with E-state index in [0.717, 1.165) is 28.1 Å². The normalized spacial score (nSPS) is 11.2. The number of methoxy groups -OCH3 is 1. The highest BCUT2D eigenvalue weighted by Crippen LogP contribution is 2.23. The second-order valence-corrected chi connectivity index (χ2v) is 6.59. The molecule has 0 atom stereocenters. The Bertz CT molecular complexity index is 709. The third kappa shape index (κ3) is 4.42. The molecule has 0 radical (unpaired) electrons. The molecule has 1 amide bonds. The summed E-state index contributed by atoms with van der Waals surface area (Å²) in [7, 11) is 1.65. The van der Waals surface area contributed by atoms with Crippen LogP contribution in [-0.2, 0) is 4.79 Å². The molecule has 0 spiro atoms. The van der Waals surface area contributed by atoms with Gasteiger partial charge in [-0.2, -0.15) is 0 Å². The number of benzene rings is 1. The zero-order chi connectivity index (χ0) is 17.0. The highest BCUT2D eigenvalue weighted by Gasteiger charge is 2.08. The predicted molar refractivity (Wildman–Crippen MR) is 96.3 cm³/mol. The van der Waals surface area contributed by atoms with Crippen molar-refractivity contribution < 1.29 is 9.53 Å². The van der Waals surface area contributed by atoms with E-state index in [1.54, 1.807) is 7.11 Å². The molecule has 23 heavy (non-hydrogen) atoms. The van der Waals surface area contributed by atoms with Gasteiger partial charge >= 0.3 is 0 Å². The zero-order valence-corrected chi connectivity index (χ0v) is 15.0. The number of ether oxygens (including phenoxy) is 1. The molecule has 0 aliphatic carbocycles. The van der Waals surface area contributed by atoms with Crippen LogP contribution in [0.4, 0.5) is 5.13 Å². The quantitative estimate of drug-likeness (QED) is 0.819. The van der Waals surface area contributed by atoms with Crippen molar-refractivity contribution in [1.82, 2.24) is 4.98 Å². The summed E-state index contributed by atoms with van der Waals surface area (Å²) < 4.78 is 5.25. The van der Waals surface area contributed by atoms with Crippen molar-refractivity contribution in [2.24, 2.45) is 0 Å². The number of carbonyl (C=O) groups is 1. The Kier molecular flexibility index (Phi) is 5.55. The molecule has 0 aliphatic heterocycles. The Balaban J connectivity index is 2.09. The van der Waals surface area contributed by atoms with Crippen LogP contribution in [0.15, 0.2) is 23.6 Å². The first kappa shape index (κ1) is 17.2. The molecule has 1 heterocycles. The van der Waals surface area contributed by atoms with Gasteiger partial charge in [-0.05, 0) is 54.7 Å². The van der Waals surface area contributed by atoms with E-state index in [1.807, 2.05) is 37.4 Å². The number of nitrogens with zero attached hydrogens (tertiary/aromatic N) is 1. The van der Waals surface area contributed by atoms with E-state index in [0.29, 0.717) is 11.0 Å². The zero-order valence-electron chi connectivity index (χ0n) is 14.1. The van der Waals surface area contributed by atoms with Gasteiger partial charge in [0, 0.05) is 11.5 Å². The Morgan fingerprint density at radius 1 is 1.30 bits per heavy atom. The lowest BCUT2D eigenvalue weighted by molar-refractivity contribution is -0.111. The molecule has 0 bridgehead atoms. The van der Waals surface area contributed by atoms with Gasteiger partial charge in [0.15, 0.2) is 5.13 Å². The summed E-state index contributed by atoms with van der Waals surface area (Å²) in [6.07, 6.45) is 3.37. The topological polar surface area (TPSA) is 51.2 Å². The first-order chi connectivity index (χ1) is 10.9. The summed E-state index contributed by atoms with van der Waals surface area (Å²) in [6.45, 7) is 8.16. The molecule has 1 aromatic heterocycles. The minimum Gasteiger partial charge on any atom is -0.497 e. The third-order valence-corrected chi connectivity index (χ3v) is 4.32. The molecular formula is C18H22N2O2S. The molecule has 2 rings (SSSR count).